The van der Waals surface area contributed by atoms with Gasteiger partial charge in [0.2, 0.25) is 0 Å². The summed E-state index contributed by atoms with van der Waals surface area (Å²) in [4.78, 5) is 0. The Bertz CT molecular complexity index is 506. The van der Waals surface area contributed by atoms with Crippen LogP contribution in [0.4, 0.5) is 0 Å². The van der Waals surface area contributed by atoms with E-state index >= 15 is 0 Å². The summed E-state index contributed by atoms with van der Waals surface area (Å²) < 4.78 is 26.8. The number of rotatable bonds is 6. The predicted octanol–water partition coefficient (Wildman–Crippen LogP) is 2.70. The molecule has 1 rings (SSSR count). The Labute approximate surface area is 124 Å². The van der Waals surface area contributed by atoms with Crippen molar-refractivity contribution in [2.24, 2.45) is 11.7 Å². The third kappa shape index (κ3) is 4.16. The van der Waals surface area contributed by atoms with Gasteiger partial charge in [-0.2, -0.15) is 0 Å². The molecule has 0 radical (unpaired) electrons. The van der Waals surface area contributed by atoms with E-state index in [-0.39, 0.29) is 10.3 Å². The Hall–Kier alpha value is -0.140. The number of sulfonamides is 1. The molecule has 1 aromatic heterocycles. The SMILES string of the molecule is Cc1cc(S(=O)(=O)N(C)CCC(N)C(C)C)sc1Cl. The van der Waals surface area contributed by atoms with Gasteiger partial charge in [-0.15, -0.1) is 11.3 Å². The summed E-state index contributed by atoms with van der Waals surface area (Å²) in [6.07, 6.45) is 0.644. The zero-order valence-electron chi connectivity index (χ0n) is 11.7. The van der Waals surface area contributed by atoms with Crippen LogP contribution in [0.2, 0.25) is 4.34 Å². The topological polar surface area (TPSA) is 63.4 Å². The number of aryl methyl sites for hydroxylation is 1. The molecular formula is C12H21ClN2O2S2. The van der Waals surface area contributed by atoms with Gasteiger partial charge in [-0.05, 0) is 30.9 Å². The van der Waals surface area contributed by atoms with Crippen LogP contribution in [0.5, 0.6) is 0 Å². The Morgan fingerprint density at radius 1 is 1.47 bits per heavy atom. The first kappa shape index (κ1) is 16.9. The number of nitrogens with two attached hydrogens (primary N) is 1. The third-order valence-corrected chi connectivity index (χ3v) is 6.99. The number of hydrogen-bond donors (Lipinski definition) is 1. The summed E-state index contributed by atoms with van der Waals surface area (Å²) >= 11 is 7.02. The van der Waals surface area contributed by atoms with E-state index in [1.807, 2.05) is 13.8 Å². The molecule has 0 aliphatic heterocycles. The summed E-state index contributed by atoms with van der Waals surface area (Å²) in [7, 11) is -1.88. The van der Waals surface area contributed by atoms with Crippen molar-refractivity contribution in [1.82, 2.24) is 4.31 Å². The van der Waals surface area contributed by atoms with Crippen LogP contribution in [-0.2, 0) is 10.0 Å². The second-order valence-corrected chi connectivity index (χ2v) is 8.97. The molecule has 0 aromatic carbocycles. The maximum Gasteiger partial charge on any atom is 0.252 e. The van der Waals surface area contributed by atoms with Crippen molar-refractivity contribution in [3.05, 3.63) is 16.0 Å². The van der Waals surface area contributed by atoms with Gasteiger partial charge in [-0.25, -0.2) is 12.7 Å². The molecule has 7 heteroatoms. The number of hydrogen-bond acceptors (Lipinski definition) is 4. The zero-order chi connectivity index (χ0) is 14.8. The van der Waals surface area contributed by atoms with Crippen molar-refractivity contribution in [3.8, 4) is 0 Å². The highest BCUT2D eigenvalue weighted by molar-refractivity contribution is 7.91. The average Bonchev–Trinajstić information content (AvgIpc) is 2.66. The Morgan fingerprint density at radius 3 is 2.47 bits per heavy atom. The quantitative estimate of drug-likeness (QED) is 0.875. The molecule has 1 aromatic rings. The first-order valence-corrected chi connectivity index (χ1v) is 8.77. The molecule has 19 heavy (non-hydrogen) atoms. The Balaban J connectivity index is 2.77. The highest BCUT2D eigenvalue weighted by atomic mass is 35.5. The molecule has 1 unspecified atom stereocenters. The van der Waals surface area contributed by atoms with Crippen molar-refractivity contribution in [1.29, 1.82) is 0 Å². The van der Waals surface area contributed by atoms with Crippen LogP contribution < -0.4 is 5.73 Å². The van der Waals surface area contributed by atoms with Crippen LogP contribution in [0.3, 0.4) is 0 Å². The fourth-order valence-electron chi connectivity index (χ4n) is 1.50. The lowest BCUT2D eigenvalue weighted by Crippen LogP contribution is -2.34. The maximum atomic E-state index is 12.3. The molecular weight excluding hydrogens is 304 g/mol. The van der Waals surface area contributed by atoms with Crippen molar-refractivity contribution in [2.45, 2.75) is 37.4 Å². The molecule has 1 atom stereocenters. The van der Waals surface area contributed by atoms with Crippen molar-refractivity contribution < 1.29 is 8.42 Å². The molecule has 0 saturated carbocycles. The largest absolute Gasteiger partial charge is 0.327 e. The number of halogens is 1. The molecule has 0 saturated heterocycles. The minimum atomic E-state index is -3.45. The summed E-state index contributed by atoms with van der Waals surface area (Å²) in [6, 6.07) is 1.62. The van der Waals surface area contributed by atoms with Crippen LogP contribution in [-0.4, -0.2) is 32.4 Å². The van der Waals surface area contributed by atoms with Crippen molar-refractivity contribution in [3.63, 3.8) is 0 Å². The van der Waals surface area contributed by atoms with Crippen LogP contribution in [0.15, 0.2) is 10.3 Å². The number of thiophene rings is 1. The van der Waals surface area contributed by atoms with Gasteiger partial charge in [0.15, 0.2) is 0 Å². The summed E-state index contributed by atoms with van der Waals surface area (Å²) in [5.41, 5.74) is 6.72. The van der Waals surface area contributed by atoms with E-state index < -0.39 is 10.0 Å². The van der Waals surface area contributed by atoms with Crippen LogP contribution in [0.1, 0.15) is 25.8 Å². The normalized spacial score (nSPS) is 14.3. The smallest absolute Gasteiger partial charge is 0.252 e. The molecule has 4 nitrogen and oxygen atoms in total. The fraction of sp³-hybridized carbons (Fsp3) is 0.667. The summed E-state index contributed by atoms with van der Waals surface area (Å²) in [5.74, 6) is 0.342. The maximum absolute atomic E-state index is 12.3. The van der Waals surface area contributed by atoms with Gasteiger partial charge in [0.1, 0.15) is 4.21 Å². The Morgan fingerprint density at radius 2 is 2.05 bits per heavy atom. The monoisotopic (exact) mass is 324 g/mol. The van der Waals surface area contributed by atoms with E-state index in [1.54, 1.807) is 20.0 Å². The van der Waals surface area contributed by atoms with E-state index in [1.165, 1.54) is 4.31 Å². The summed E-state index contributed by atoms with van der Waals surface area (Å²) in [6.45, 7) is 6.27. The van der Waals surface area contributed by atoms with Gasteiger partial charge in [0.25, 0.3) is 10.0 Å². The van der Waals surface area contributed by atoms with Gasteiger partial charge in [-0.1, -0.05) is 25.4 Å². The minimum absolute atomic E-state index is 0.00584. The van der Waals surface area contributed by atoms with Crippen molar-refractivity contribution in [2.75, 3.05) is 13.6 Å². The molecule has 0 aliphatic rings. The van der Waals surface area contributed by atoms with Gasteiger partial charge < -0.3 is 5.73 Å². The van der Waals surface area contributed by atoms with E-state index in [2.05, 4.69) is 0 Å². The standard InChI is InChI=1S/C12H21ClN2O2S2/c1-8(2)10(14)5-6-15(4)19(16,17)11-7-9(3)12(13)18-11/h7-8,10H,5-6,14H2,1-4H3. The first-order valence-electron chi connectivity index (χ1n) is 6.14. The second kappa shape index (κ2) is 6.54. The molecule has 0 spiro atoms. The first-order chi connectivity index (χ1) is 8.66. The molecule has 0 aliphatic carbocycles. The number of nitrogens with zero attached hydrogens (tertiary/aromatic N) is 1. The van der Waals surface area contributed by atoms with E-state index in [0.717, 1.165) is 16.9 Å². The van der Waals surface area contributed by atoms with Crippen molar-refractivity contribution >= 4 is 33.0 Å². The van der Waals surface area contributed by atoms with Gasteiger partial charge in [-0.3, -0.25) is 0 Å². The third-order valence-electron chi connectivity index (χ3n) is 3.13. The summed E-state index contributed by atoms with van der Waals surface area (Å²) in [5, 5.41) is 0. The molecule has 0 fully saturated rings. The van der Waals surface area contributed by atoms with E-state index in [4.69, 9.17) is 17.3 Å². The van der Waals surface area contributed by atoms with E-state index in [9.17, 15) is 8.42 Å². The molecule has 2 N–H and O–H groups in total. The van der Waals surface area contributed by atoms with Crippen LogP contribution >= 0.6 is 22.9 Å². The van der Waals surface area contributed by atoms with Crippen LogP contribution in [0.25, 0.3) is 0 Å². The zero-order valence-corrected chi connectivity index (χ0v) is 14.1. The lowest BCUT2D eigenvalue weighted by atomic mass is 10.0. The average molecular weight is 325 g/mol. The van der Waals surface area contributed by atoms with E-state index in [0.29, 0.717) is 23.2 Å². The van der Waals surface area contributed by atoms with Gasteiger partial charge in [0, 0.05) is 19.6 Å². The minimum Gasteiger partial charge on any atom is -0.327 e. The molecule has 0 amide bonds. The molecule has 1 heterocycles. The lowest BCUT2D eigenvalue weighted by molar-refractivity contribution is 0.398. The fourth-order valence-corrected chi connectivity index (χ4v) is 4.60. The van der Waals surface area contributed by atoms with Gasteiger partial charge >= 0.3 is 0 Å². The molecule has 110 valence electrons. The predicted molar refractivity (Wildman–Crippen MR) is 81.3 cm³/mol. The highest BCUT2D eigenvalue weighted by Gasteiger charge is 2.24. The van der Waals surface area contributed by atoms with Gasteiger partial charge in [0.05, 0.1) is 4.34 Å². The van der Waals surface area contributed by atoms with Crippen LogP contribution in [0, 0.1) is 12.8 Å². The lowest BCUT2D eigenvalue weighted by Gasteiger charge is -2.20. The second-order valence-electron chi connectivity index (χ2n) is 5.05. The Kier molecular flexibility index (Phi) is 5.82. The highest BCUT2D eigenvalue weighted by Crippen LogP contribution is 2.31. The molecule has 0 bridgehead atoms.